The summed E-state index contributed by atoms with van der Waals surface area (Å²) < 4.78 is 4.73. The van der Waals surface area contributed by atoms with Crippen molar-refractivity contribution in [3.63, 3.8) is 0 Å². The summed E-state index contributed by atoms with van der Waals surface area (Å²) >= 11 is 1.78. The predicted octanol–water partition coefficient (Wildman–Crippen LogP) is 9.12. The van der Waals surface area contributed by atoms with Gasteiger partial charge in [-0.2, -0.15) is 0 Å². The van der Waals surface area contributed by atoms with E-state index in [0.29, 0.717) is 5.92 Å². The molecule has 8 aromatic rings. The largest absolute Gasteiger partial charge is 0.293 e. The monoisotopic (exact) mass is 595 g/mol. The molecule has 4 heteroatoms. The van der Waals surface area contributed by atoms with Gasteiger partial charge in [-0.3, -0.25) is 4.57 Å². The van der Waals surface area contributed by atoms with Crippen molar-refractivity contribution in [2.75, 3.05) is 0 Å². The molecule has 0 aliphatic heterocycles. The van der Waals surface area contributed by atoms with Crippen LogP contribution in [0.25, 0.3) is 71.7 Å². The van der Waals surface area contributed by atoms with E-state index in [1.54, 1.807) is 11.3 Å². The first kappa shape index (κ1) is 26.1. The van der Waals surface area contributed by atoms with Crippen LogP contribution in [0.1, 0.15) is 18.4 Å². The minimum atomic E-state index is 0.285. The Morgan fingerprint density at radius 1 is 0.622 bits per heavy atom. The molecule has 0 saturated heterocycles. The highest BCUT2D eigenvalue weighted by molar-refractivity contribution is 7.26. The molecule has 3 nitrogen and oxygen atoms in total. The molecule has 45 heavy (non-hydrogen) atoms. The Kier molecular flexibility index (Phi) is 6.03. The molecule has 0 saturated carbocycles. The van der Waals surface area contributed by atoms with Gasteiger partial charge in [0.1, 0.15) is 0 Å². The second-order valence-corrected chi connectivity index (χ2v) is 12.9. The van der Waals surface area contributed by atoms with Gasteiger partial charge in [0.05, 0.1) is 21.1 Å². The summed E-state index contributed by atoms with van der Waals surface area (Å²) in [6.07, 6.45) is 4.95. The lowest BCUT2D eigenvalue weighted by atomic mass is 9.83. The molecule has 3 heterocycles. The van der Waals surface area contributed by atoms with Crippen molar-refractivity contribution >= 4 is 54.7 Å². The van der Waals surface area contributed by atoms with Crippen molar-refractivity contribution < 1.29 is 0 Å². The van der Waals surface area contributed by atoms with E-state index in [4.69, 9.17) is 9.97 Å². The van der Waals surface area contributed by atoms with Crippen LogP contribution in [0.4, 0.5) is 0 Å². The number of fused-ring (bicyclic) bond motifs is 6. The summed E-state index contributed by atoms with van der Waals surface area (Å²) in [5.74, 6) is 2.28. The van der Waals surface area contributed by atoms with Crippen LogP contribution >= 0.6 is 11.3 Å². The van der Waals surface area contributed by atoms with Gasteiger partial charge in [-0.05, 0) is 40.8 Å². The van der Waals surface area contributed by atoms with E-state index < -0.39 is 0 Å². The molecule has 0 bridgehead atoms. The lowest BCUT2D eigenvalue weighted by Crippen LogP contribution is -2.34. The Morgan fingerprint density at radius 3 is 2.09 bits per heavy atom. The Labute approximate surface area is 265 Å². The van der Waals surface area contributed by atoms with Crippen molar-refractivity contribution in [2.24, 2.45) is 5.92 Å². The van der Waals surface area contributed by atoms with Crippen LogP contribution in [0.5, 0.6) is 0 Å². The highest BCUT2D eigenvalue weighted by Gasteiger charge is 2.24. The maximum Gasteiger partial charge on any atom is 0.162 e. The summed E-state index contributed by atoms with van der Waals surface area (Å²) in [5, 5.41) is 4.88. The standard InChI is InChI=1S/C41H29N3S/c1-26-23-36-34(25-32(26)28-15-7-3-8-16-28)33-24-30(27-13-5-2-6-14-27)21-22-35(33)44(36)41-39-38(31-19-11-12-20-37(31)45-39)42-40(43-41)29-17-9-4-10-18-29/h2-26,32H,1H3. The third-order valence-corrected chi connectivity index (χ3v) is 10.3. The predicted molar refractivity (Wildman–Crippen MR) is 189 cm³/mol. The number of thiophene rings is 1. The summed E-state index contributed by atoms with van der Waals surface area (Å²) in [6.45, 7) is 2.33. The molecule has 0 spiro atoms. The molecule has 214 valence electrons. The Morgan fingerprint density at radius 2 is 1.31 bits per heavy atom. The van der Waals surface area contributed by atoms with Crippen LogP contribution in [-0.4, -0.2) is 14.5 Å². The first-order valence-corrected chi connectivity index (χ1v) is 16.3. The minimum absolute atomic E-state index is 0.285. The number of hydrogen-bond donors (Lipinski definition) is 0. The van der Waals surface area contributed by atoms with Gasteiger partial charge in [0.25, 0.3) is 0 Å². The van der Waals surface area contributed by atoms with E-state index in [0.717, 1.165) is 32.9 Å². The van der Waals surface area contributed by atoms with Crippen LogP contribution in [-0.2, 0) is 0 Å². The van der Waals surface area contributed by atoms with Gasteiger partial charge in [0, 0.05) is 32.2 Å². The number of aromatic nitrogens is 3. The average molecular weight is 596 g/mol. The van der Waals surface area contributed by atoms with E-state index in [2.05, 4.69) is 151 Å². The number of benzene rings is 5. The lowest BCUT2D eigenvalue weighted by Gasteiger charge is -2.21. The number of rotatable bonds is 4. The molecule has 2 unspecified atom stereocenters. The van der Waals surface area contributed by atoms with Crippen LogP contribution < -0.4 is 10.6 Å². The summed E-state index contributed by atoms with van der Waals surface area (Å²) in [5.41, 5.74) is 6.95. The molecule has 1 aliphatic rings. The van der Waals surface area contributed by atoms with Gasteiger partial charge in [-0.25, -0.2) is 9.97 Å². The SMILES string of the molecule is CC1C=c2c(c3cc(-c4ccccc4)ccc3n2-c2nc(-c3ccccc3)nc3c2sc2ccccc23)=CC1c1ccccc1. The normalized spacial score (nSPS) is 16.0. The molecular weight excluding hydrogens is 567 g/mol. The maximum atomic E-state index is 5.38. The van der Waals surface area contributed by atoms with Crippen molar-refractivity contribution in [1.29, 1.82) is 0 Å². The fourth-order valence-electron chi connectivity index (χ4n) is 6.92. The molecule has 0 N–H and O–H groups in total. The van der Waals surface area contributed by atoms with Crippen molar-refractivity contribution in [2.45, 2.75) is 12.8 Å². The van der Waals surface area contributed by atoms with Gasteiger partial charge in [-0.15, -0.1) is 11.3 Å². The zero-order valence-electron chi connectivity index (χ0n) is 24.8. The second-order valence-electron chi connectivity index (χ2n) is 11.9. The second kappa shape index (κ2) is 10.4. The van der Waals surface area contributed by atoms with Crippen LogP contribution in [0.15, 0.2) is 133 Å². The summed E-state index contributed by atoms with van der Waals surface area (Å²) in [6, 6.07) is 47.4. The minimum Gasteiger partial charge on any atom is -0.293 e. The lowest BCUT2D eigenvalue weighted by molar-refractivity contribution is 0.689. The van der Waals surface area contributed by atoms with Crippen LogP contribution in [0.3, 0.4) is 0 Å². The highest BCUT2D eigenvalue weighted by Crippen LogP contribution is 2.38. The Bertz CT molecular complexity index is 2490. The molecule has 0 radical (unpaired) electrons. The Hall–Kier alpha value is -5.32. The first-order chi connectivity index (χ1) is 22.2. The molecule has 9 rings (SSSR count). The maximum absolute atomic E-state index is 5.38. The van der Waals surface area contributed by atoms with Gasteiger partial charge in [0.15, 0.2) is 11.6 Å². The molecule has 1 aliphatic carbocycles. The highest BCUT2D eigenvalue weighted by atomic mass is 32.1. The van der Waals surface area contributed by atoms with E-state index in [9.17, 15) is 0 Å². The van der Waals surface area contributed by atoms with Gasteiger partial charge >= 0.3 is 0 Å². The Balaban J connectivity index is 1.41. The summed E-state index contributed by atoms with van der Waals surface area (Å²) in [7, 11) is 0. The topological polar surface area (TPSA) is 30.7 Å². The van der Waals surface area contributed by atoms with Crippen LogP contribution in [0.2, 0.25) is 0 Å². The molecule has 0 amide bonds. The third kappa shape index (κ3) is 4.25. The van der Waals surface area contributed by atoms with Crippen molar-refractivity contribution in [3.8, 4) is 28.3 Å². The fraction of sp³-hybridized carbons (Fsp3) is 0.0732. The van der Waals surface area contributed by atoms with Gasteiger partial charge in [0.2, 0.25) is 0 Å². The number of hydrogen-bond acceptors (Lipinski definition) is 3. The van der Waals surface area contributed by atoms with Crippen LogP contribution in [0, 0.1) is 5.92 Å². The molecule has 0 fully saturated rings. The van der Waals surface area contributed by atoms with E-state index in [1.165, 1.54) is 42.7 Å². The van der Waals surface area contributed by atoms with Gasteiger partial charge < -0.3 is 0 Å². The van der Waals surface area contributed by atoms with E-state index in [-0.39, 0.29) is 5.92 Å². The molecule has 3 aromatic heterocycles. The average Bonchev–Trinajstić information content (AvgIpc) is 3.63. The van der Waals surface area contributed by atoms with E-state index in [1.807, 2.05) is 6.07 Å². The third-order valence-electron chi connectivity index (χ3n) is 9.12. The molecule has 5 aromatic carbocycles. The smallest absolute Gasteiger partial charge is 0.162 e. The summed E-state index contributed by atoms with van der Waals surface area (Å²) in [4.78, 5) is 10.6. The van der Waals surface area contributed by atoms with E-state index >= 15 is 0 Å². The van der Waals surface area contributed by atoms with Crippen molar-refractivity contribution in [1.82, 2.24) is 14.5 Å². The van der Waals surface area contributed by atoms with Crippen molar-refractivity contribution in [3.05, 3.63) is 150 Å². The molecule has 2 atom stereocenters. The first-order valence-electron chi connectivity index (χ1n) is 15.5. The number of nitrogens with zero attached hydrogens (tertiary/aromatic N) is 3. The zero-order valence-corrected chi connectivity index (χ0v) is 25.6. The van der Waals surface area contributed by atoms with Gasteiger partial charge in [-0.1, -0.05) is 134 Å². The zero-order chi connectivity index (χ0) is 29.9. The fourth-order valence-corrected chi connectivity index (χ4v) is 8.04. The quantitative estimate of drug-likeness (QED) is 0.203. The molecular formula is C41H29N3S.